The van der Waals surface area contributed by atoms with Gasteiger partial charge in [-0.1, -0.05) is 0 Å². The van der Waals surface area contributed by atoms with E-state index in [4.69, 9.17) is 9.47 Å². The average Bonchev–Trinajstić information content (AvgIpc) is 2.45. The van der Waals surface area contributed by atoms with Gasteiger partial charge in [0.1, 0.15) is 0 Å². The predicted molar refractivity (Wildman–Crippen MR) is 82.4 cm³/mol. The van der Waals surface area contributed by atoms with E-state index >= 15 is 0 Å². The molecule has 8 heteroatoms. The fourth-order valence-corrected chi connectivity index (χ4v) is 1.74. The zero-order chi connectivity index (χ0) is 18.5. The number of nitrogens with one attached hydrogen (secondary N) is 1. The molecule has 0 radical (unpaired) electrons. The standard InChI is InChI=1S/C16H21F2NO5/c1-9(13(20)19-16(2,3)4)23-14(21)10-6-7-11(24-15(17)18)12(8-10)22-5/h6-9,15H,1-5H3,(H,19,20)/t9-/m0/s1. The Balaban J connectivity index is 2.82. The van der Waals surface area contributed by atoms with Crippen LogP contribution in [0.15, 0.2) is 18.2 Å². The molecule has 0 aliphatic rings. The Morgan fingerprint density at radius 3 is 2.29 bits per heavy atom. The van der Waals surface area contributed by atoms with Gasteiger partial charge >= 0.3 is 12.6 Å². The third kappa shape index (κ3) is 6.02. The van der Waals surface area contributed by atoms with Gasteiger partial charge in [0, 0.05) is 5.54 Å². The van der Waals surface area contributed by atoms with Crippen molar-refractivity contribution in [1.29, 1.82) is 0 Å². The van der Waals surface area contributed by atoms with Gasteiger partial charge in [0.25, 0.3) is 5.91 Å². The molecule has 0 aromatic heterocycles. The molecule has 6 nitrogen and oxygen atoms in total. The van der Waals surface area contributed by atoms with E-state index in [-0.39, 0.29) is 17.1 Å². The number of hydrogen-bond donors (Lipinski definition) is 1. The third-order valence-electron chi connectivity index (χ3n) is 2.77. The molecule has 1 rings (SSSR count). The number of ether oxygens (including phenoxy) is 3. The molecule has 0 aliphatic carbocycles. The second-order valence-corrected chi connectivity index (χ2v) is 6.03. The van der Waals surface area contributed by atoms with Gasteiger partial charge in [-0.25, -0.2) is 4.79 Å². The lowest BCUT2D eigenvalue weighted by atomic mass is 10.1. The molecule has 1 N–H and O–H groups in total. The highest BCUT2D eigenvalue weighted by atomic mass is 19.3. The molecule has 0 bridgehead atoms. The quantitative estimate of drug-likeness (QED) is 0.803. The van der Waals surface area contributed by atoms with Crippen LogP contribution < -0.4 is 14.8 Å². The van der Waals surface area contributed by atoms with E-state index in [1.807, 2.05) is 0 Å². The number of benzene rings is 1. The first-order chi connectivity index (χ1) is 11.0. The van der Waals surface area contributed by atoms with Crippen molar-refractivity contribution >= 4 is 11.9 Å². The van der Waals surface area contributed by atoms with Crippen LogP contribution in [0.5, 0.6) is 11.5 Å². The van der Waals surface area contributed by atoms with Crippen molar-refractivity contribution in [3.05, 3.63) is 23.8 Å². The molecule has 134 valence electrons. The summed E-state index contributed by atoms with van der Waals surface area (Å²) in [6, 6.07) is 3.62. The van der Waals surface area contributed by atoms with Gasteiger partial charge in [0.05, 0.1) is 12.7 Å². The highest BCUT2D eigenvalue weighted by Crippen LogP contribution is 2.29. The highest BCUT2D eigenvalue weighted by molar-refractivity contribution is 5.93. The molecule has 0 saturated carbocycles. The van der Waals surface area contributed by atoms with E-state index in [0.29, 0.717) is 0 Å². The minimum absolute atomic E-state index is 0.0449. The van der Waals surface area contributed by atoms with Gasteiger partial charge in [-0.15, -0.1) is 0 Å². The summed E-state index contributed by atoms with van der Waals surface area (Å²) in [4.78, 5) is 24.0. The smallest absolute Gasteiger partial charge is 0.387 e. The minimum atomic E-state index is -3.02. The number of methoxy groups -OCH3 is 1. The second kappa shape index (κ2) is 7.94. The molecule has 0 saturated heterocycles. The number of rotatable bonds is 6. The maximum atomic E-state index is 12.3. The van der Waals surface area contributed by atoms with Crippen LogP contribution in [0, 0.1) is 0 Å². The van der Waals surface area contributed by atoms with E-state index in [1.54, 1.807) is 20.8 Å². The molecule has 0 fully saturated rings. The van der Waals surface area contributed by atoms with Gasteiger partial charge in [0.15, 0.2) is 17.6 Å². The molecule has 1 atom stereocenters. The van der Waals surface area contributed by atoms with E-state index in [1.165, 1.54) is 32.2 Å². The van der Waals surface area contributed by atoms with Crippen LogP contribution in [0.4, 0.5) is 8.78 Å². The van der Waals surface area contributed by atoms with E-state index in [0.717, 1.165) is 0 Å². The molecular weight excluding hydrogens is 324 g/mol. The highest BCUT2D eigenvalue weighted by Gasteiger charge is 2.23. The summed E-state index contributed by atoms with van der Waals surface area (Å²) in [7, 11) is 1.25. The summed E-state index contributed by atoms with van der Waals surface area (Å²) in [5.74, 6) is -1.48. The van der Waals surface area contributed by atoms with Crippen molar-refractivity contribution in [3.8, 4) is 11.5 Å². The van der Waals surface area contributed by atoms with E-state index in [9.17, 15) is 18.4 Å². The van der Waals surface area contributed by atoms with Crippen molar-refractivity contribution in [2.75, 3.05) is 7.11 Å². The Kier molecular flexibility index (Phi) is 6.51. The summed E-state index contributed by atoms with van der Waals surface area (Å²) in [6.45, 7) is 3.81. The van der Waals surface area contributed by atoms with Crippen LogP contribution in [0.25, 0.3) is 0 Å². The molecule has 1 amide bonds. The van der Waals surface area contributed by atoms with Crippen LogP contribution in [0.1, 0.15) is 38.1 Å². The monoisotopic (exact) mass is 345 g/mol. The molecule has 1 aromatic rings. The Bertz CT molecular complexity index is 599. The van der Waals surface area contributed by atoms with Crippen molar-refractivity contribution < 1.29 is 32.6 Å². The maximum absolute atomic E-state index is 12.3. The van der Waals surface area contributed by atoms with E-state index < -0.39 is 30.1 Å². The van der Waals surface area contributed by atoms with Gasteiger partial charge in [-0.2, -0.15) is 8.78 Å². The first-order valence-electron chi connectivity index (χ1n) is 7.19. The summed E-state index contributed by atoms with van der Waals surface area (Å²) in [5, 5.41) is 2.68. The Morgan fingerprint density at radius 2 is 1.79 bits per heavy atom. The van der Waals surface area contributed by atoms with Crippen molar-refractivity contribution in [3.63, 3.8) is 0 Å². The lowest BCUT2D eigenvalue weighted by molar-refractivity contribution is -0.130. The Morgan fingerprint density at radius 1 is 1.17 bits per heavy atom. The SMILES string of the molecule is COc1cc(C(=O)O[C@@H](C)C(=O)NC(C)(C)C)ccc1OC(F)F. The lowest BCUT2D eigenvalue weighted by Gasteiger charge is -2.23. The normalized spacial score (nSPS) is 12.5. The van der Waals surface area contributed by atoms with Gasteiger partial charge in [0.2, 0.25) is 0 Å². The summed E-state index contributed by atoms with van der Waals surface area (Å²) < 4.78 is 38.8. The van der Waals surface area contributed by atoms with Crippen LogP contribution >= 0.6 is 0 Å². The molecule has 0 spiro atoms. The van der Waals surface area contributed by atoms with Crippen molar-refractivity contribution in [1.82, 2.24) is 5.32 Å². The number of halogens is 2. The summed E-state index contributed by atoms with van der Waals surface area (Å²) in [5.41, 5.74) is -0.418. The van der Waals surface area contributed by atoms with Crippen LogP contribution in [-0.2, 0) is 9.53 Å². The zero-order valence-electron chi connectivity index (χ0n) is 14.2. The largest absolute Gasteiger partial charge is 0.493 e. The molecule has 0 unspecified atom stereocenters. The van der Waals surface area contributed by atoms with E-state index in [2.05, 4.69) is 10.1 Å². The fourth-order valence-electron chi connectivity index (χ4n) is 1.74. The van der Waals surface area contributed by atoms with Crippen LogP contribution in [0.3, 0.4) is 0 Å². The Hall–Kier alpha value is -2.38. The second-order valence-electron chi connectivity index (χ2n) is 6.03. The third-order valence-corrected chi connectivity index (χ3v) is 2.77. The number of alkyl halides is 2. The molecule has 0 heterocycles. The number of esters is 1. The van der Waals surface area contributed by atoms with Gasteiger partial charge in [-0.3, -0.25) is 4.79 Å². The van der Waals surface area contributed by atoms with Crippen molar-refractivity contribution in [2.45, 2.75) is 45.9 Å². The zero-order valence-corrected chi connectivity index (χ0v) is 14.2. The topological polar surface area (TPSA) is 73.9 Å². The molecular formula is C16H21F2NO5. The lowest BCUT2D eigenvalue weighted by Crippen LogP contribution is -2.46. The molecule has 1 aromatic carbocycles. The van der Waals surface area contributed by atoms with Gasteiger partial charge < -0.3 is 19.5 Å². The Labute approximate surface area is 139 Å². The van der Waals surface area contributed by atoms with Crippen molar-refractivity contribution in [2.24, 2.45) is 0 Å². The number of carbonyl (C=O) groups excluding carboxylic acids is 2. The number of amides is 1. The number of carbonyl (C=O) groups is 2. The summed E-state index contributed by atoms with van der Waals surface area (Å²) in [6.07, 6.45) is -1.01. The number of hydrogen-bond acceptors (Lipinski definition) is 5. The first kappa shape index (κ1) is 19.7. The minimum Gasteiger partial charge on any atom is -0.493 e. The molecule has 0 aliphatic heterocycles. The van der Waals surface area contributed by atoms with Crippen LogP contribution in [0.2, 0.25) is 0 Å². The molecule has 24 heavy (non-hydrogen) atoms. The predicted octanol–water partition coefficient (Wildman–Crippen LogP) is 2.76. The summed E-state index contributed by atoms with van der Waals surface area (Å²) >= 11 is 0. The average molecular weight is 345 g/mol. The first-order valence-corrected chi connectivity index (χ1v) is 7.19. The maximum Gasteiger partial charge on any atom is 0.387 e. The fraction of sp³-hybridized carbons (Fsp3) is 0.500. The van der Waals surface area contributed by atoms with Gasteiger partial charge in [-0.05, 0) is 45.9 Å². The van der Waals surface area contributed by atoms with Crippen LogP contribution in [-0.4, -0.2) is 37.2 Å².